The predicted molar refractivity (Wildman–Crippen MR) is 109 cm³/mol. The molecular formula is C20H26N4O4S. The fourth-order valence-electron chi connectivity index (χ4n) is 3.60. The summed E-state index contributed by atoms with van der Waals surface area (Å²) in [6.07, 6.45) is 7.26. The van der Waals surface area contributed by atoms with Crippen LogP contribution in [0, 0.1) is 5.92 Å². The molecule has 1 amide bonds. The van der Waals surface area contributed by atoms with Crippen molar-refractivity contribution < 1.29 is 17.9 Å². The summed E-state index contributed by atoms with van der Waals surface area (Å²) >= 11 is 0. The minimum absolute atomic E-state index is 0.00297. The van der Waals surface area contributed by atoms with Crippen LogP contribution < -0.4 is 10.5 Å². The highest BCUT2D eigenvalue weighted by atomic mass is 32.2. The third kappa shape index (κ3) is 5.59. The molecule has 1 aromatic heterocycles. The number of anilines is 1. The molecule has 0 bridgehead atoms. The molecule has 1 aliphatic rings. The highest BCUT2D eigenvalue weighted by Crippen LogP contribution is 2.34. The first-order valence-electron chi connectivity index (χ1n) is 9.68. The third-order valence-electron chi connectivity index (χ3n) is 5.21. The normalized spacial score (nSPS) is 16.3. The molecule has 3 N–H and O–H groups in total. The van der Waals surface area contributed by atoms with Crippen molar-refractivity contribution in [3.05, 3.63) is 47.9 Å². The quantitative estimate of drug-likeness (QED) is 0.710. The van der Waals surface area contributed by atoms with Gasteiger partial charge in [0, 0.05) is 25.6 Å². The Hall–Kier alpha value is -2.36. The molecule has 29 heavy (non-hydrogen) atoms. The largest absolute Gasteiger partial charge is 0.381 e. The Morgan fingerprint density at radius 2 is 2.07 bits per heavy atom. The van der Waals surface area contributed by atoms with E-state index in [9.17, 15) is 13.2 Å². The van der Waals surface area contributed by atoms with Crippen LogP contribution in [0.4, 0.5) is 5.82 Å². The average molecular weight is 419 g/mol. The maximum atomic E-state index is 13.2. The summed E-state index contributed by atoms with van der Waals surface area (Å²) in [7, 11) is -3.99. The minimum atomic E-state index is -3.99. The molecule has 0 aliphatic carbocycles. The number of nitrogens with one attached hydrogen (secondary N) is 1. The van der Waals surface area contributed by atoms with Crippen molar-refractivity contribution in [3.8, 4) is 0 Å². The first-order chi connectivity index (χ1) is 13.9. The van der Waals surface area contributed by atoms with Gasteiger partial charge in [-0.15, -0.1) is 0 Å². The molecule has 9 heteroatoms. The number of aromatic nitrogens is 2. The van der Waals surface area contributed by atoms with E-state index in [4.69, 9.17) is 9.88 Å². The minimum Gasteiger partial charge on any atom is -0.381 e. The van der Waals surface area contributed by atoms with Crippen LogP contribution in [0.1, 0.15) is 43.2 Å². The number of aryl methyl sites for hydroxylation is 1. The van der Waals surface area contributed by atoms with E-state index in [0.717, 1.165) is 18.4 Å². The van der Waals surface area contributed by atoms with Gasteiger partial charge >= 0.3 is 0 Å². The number of hydrogen-bond donors (Lipinski definition) is 2. The number of benzene rings is 1. The van der Waals surface area contributed by atoms with Crippen molar-refractivity contribution in [2.24, 2.45) is 11.1 Å². The molecule has 156 valence electrons. The average Bonchev–Trinajstić information content (AvgIpc) is 2.72. The van der Waals surface area contributed by atoms with E-state index >= 15 is 0 Å². The van der Waals surface area contributed by atoms with Crippen molar-refractivity contribution in [1.82, 2.24) is 9.97 Å². The molecule has 3 rings (SSSR count). The molecule has 1 fully saturated rings. The Kier molecular flexibility index (Phi) is 6.94. The lowest BCUT2D eigenvalue weighted by Crippen LogP contribution is -2.28. The second-order valence-corrected chi connectivity index (χ2v) is 8.72. The van der Waals surface area contributed by atoms with Gasteiger partial charge in [-0.05, 0) is 48.8 Å². The Bertz CT molecular complexity index is 944. The number of amides is 1. The monoisotopic (exact) mass is 418 g/mol. The van der Waals surface area contributed by atoms with Gasteiger partial charge in [0.2, 0.25) is 15.9 Å². The third-order valence-corrected chi connectivity index (χ3v) is 6.18. The van der Waals surface area contributed by atoms with E-state index < -0.39 is 15.9 Å². The highest BCUT2D eigenvalue weighted by Gasteiger charge is 2.30. The van der Waals surface area contributed by atoms with Gasteiger partial charge in [-0.1, -0.05) is 19.1 Å². The summed E-state index contributed by atoms with van der Waals surface area (Å²) in [6.45, 7) is 3.21. The molecule has 0 radical (unpaired) electrons. The van der Waals surface area contributed by atoms with Crippen LogP contribution in [0.2, 0.25) is 0 Å². The number of ether oxygens (including phenoxy) is 1. The van der Waals surface area contributed by atoms with Gasteiger partial charge < -0.3 is 10.1 Å². The molecule has 2 heterocycles. The summed E-state index contributed by atoms with van der Waals surface area (Å²) in [5.74, 6) is -0.442. The molecule has 8 nitrogen and oxygen atoms in total. The molecule has 1 atom stereocenters. The number of hydrogen-bond acceptors (Lipinski definition) is 6. The maximum absolute atomic E-state index is 13.2. The van der Waals surface area contributed by atoms with Crippen LogP contribution in [-0.4, -0.2) is 37.5 Å². The fraction of sp³-hybridized carbons (Fsp3) is 0.450. The standard InChI is InChI=1S/C20H26N4O4S/c1-2-14-3-4-16(18(12-14)29(21,26)27)17(11-15-5-9-28-10-6-15)20(25)24-19-13-22-7-8-23-19/h3-4,7-8,12-13,15,17H,2,5-6,9-11H2,1H3,(H2,21,26,27)(H,23,24,25). The number of carbonyl (C=O) groups excluding carboxylic acids is 1. The number of primary sulfonamides is 1. The summed E-state index contributed by atoms with van der Waals surface area (Å²) in [6, 6.07) is 5.12. The number of rotatable bonds is 7. The van der Waals surface area contributed by atoms with Crippen LogP contribution in [-0.2, 0) is 26.0 Å². The molecular weight excluding hydrogens is 392 g/mol. The Balaban J connectivity index is 1.99. The number of nitrogens with two attached hydrogens (primary N) is 1. The zero-order valence-corrected chi connectivity index (χ0v) is 17.2. The van der Waals surface area contributed by atoms with Gasteiger partial charge in [0.15, 0.2) is 5.82 Å². The van der Waals surface area contributed by atoms with Gasteiger partial charge in [-0.2, -0.15) is 0 Å². The lowest BCUT2D eigenvalue weighted by atomic mass is 9.84. The molecule has 1 aliphatic heterocycles. The van der Waals surface area contributed by atoms with Gasteiger partial charge in [0.05, 0.1) is 17.0 Å². The summed E-state index contributed by atoms with van der Waals surface area (Å²) in [5, 5.41) is 8.26. The SMILES string of the molecule is CCc1ccc(C(CC2CCOCC2)C(=O)Nc2cnccn2)c(S(N)(=O)=O)c1. The van der Waals surface area contributed by atoms with Gasteiger partial charge in [-0.25, -0.2) is 18.5 Å². The molecule has 1 saturated heterocycles. The van der Waals surface area contributed by atoms with E-state index in [1.807, 2.05) is 13.0 Å². The van der Waals surface area contributed by atoms with Crippen LogP contribution in [0.3, 0.4) is 0 Å². The molecule has 1 unspecified atom stereocenters. The topological polar surface area (TPSA) is 124 Å². The first kappa shape index (κ1) is 21.4. The Morgan fingerprint density at radius 1 is 1.31 bits per heavy atom. The van der Waals surface area contributed by atoms with Gasteiger partial charge in [-0.3, -0.25) is 9.78 Å². The summed E-state index contributed by atoms with van der Waals surface area (Å²) in [5.41, 5.74) is 1.26. The Labute approximate surface area is 170 Å². The van der Waals surface area contributed by atoms with Crippen LogP contribution >= 0.6 is 0 Å². The van der Waals surface area contributed by atoms with Gasteiger partial charge in [0.25, 0.3) is 0 Å². The van der Waals surface area contributed by atoms with Crippen LogP contribution in [0.5, 0.6) is 0 Å². The predicted octanol–water partition coefficient (Wildman–Crippen LogP) is 2.23. The van der Waals surface area contributed by atoms with Crippen molar-refractivity contribution >= 4 is 21.7 Å². The van der Waals surface area contributed by atoms with Crippen molar-refractivity contribution in [1.29, 1.82) is 0 Å². The Morgan fingerprint density at radius 3 is 2.69 bits per heavy atom. The van der Waals surface area contributed by atoms with Crippen molar-refractivity contribution in [2.45, 2.75) is 43.4 Å². The maximum Gasteiger partial charge on any atom is 0.238 e. The molecule has 0 spiro atoms. The molecule has 0 saturated carbocycles. The van der Waals surface area contributed by atoms with Crippen molar-refractivity contribution in [3.63, 3.8) is 0 Å². The summed E-state index contributed by atoms with van der Waals surface area (Å²) in [4.78, 5) is 21.2. The number of nitrogens with zero attached hydrogens (tertiary/aromatic N) is 2. The smallest absolute Gasteiger partial charge is 0.238 e. The lowest BCUT2D eigenvalue weighted by Gasteiger charge is -2.27. The zero-order chi connectivity index (χ0) is 20.9. The van der Waals surface area contributed by atoms with Gasteiger partial charge in [0.1, 0.15) is 0 Å². The van der Waals surface area contributed by atoms with E-state index in [-0.39, 0.29) is 16.7 Å². The van der Waals surface area contributed by atoms with Crippen LogP contribution in [0.15, 0.2) is 41.7 Å². The number of carbonyl (C=O) groups is 1. The molecule has 1 aromatic carbocycles. The second-order valence-electron chi connectivity index (χ2n) is 7.19. The lowest BCUT2D eigenvalue weighted by molar-refractivity contribution is -0.118. The first-order valence-corrected chi connectivity index (χ1v) is 11.2. The van der Waals surface area contributed by atoms with E-state index in [1.54, 1.807) is 12.1 Å². The van der Waals surface area contributed by atoms with E-state index in [0.29, 0.717) is 37.4 Å². The fourth-order valence-corrected chi connectivity index (χ4v) is 4.46. The van der Waals surface area contributed by atoms with E-state index in [1.165, 1.54) is 18.6 Å². The zero-order valence-electron chi connectivity index (χ0n) is 16.4. The summed E-state index contributed by atoms with van der Waals surface area (Å²) < 4.78 is 30.0. The second kappa shape index (κ2) is 9.43. The van der Waals surface area contributed by atoms with Crippen LogP contribution in [0.25, 0.3) is 0 Å². The number of sulfonamides is 1. The highest BCUT2D eigenvalue weighted by molar-refractivity contribution is 7.89. The molecule has 2 aromatic rings. The van der Waals surface area contributed by atoms with Crippen molar-refractivity contribution in [2.75, 3.05) is 18.5 Å². The van der Waals surface area contributed by atoms with E-state index in [2.05, 4.69) is 15.3 Å².